The summed E-state index contributed by atoms with van der Waals surface area (Å²) in [5.74, 6) is -0.440. The van der Waals surface area contributed by atoms with Gasteiger partial charge in [0.05, 0.1) is 12.7 Å². The monoisotopic (exact) mass is 249 g/mol. The summed E-state index contributed by atoms with van der Waals surface area (Å²) in [6.07, 6.45) is 0.905. The lowest BCUT2D eigenvalue weighted by atomic mass is 10.1. The van der Waals surface area contributed by atoms with Crippen molar-refractivity contribution < 1.29 is 14.3 Å². The van der Waals surface area contributed by atoms with Gasteiger partial charge < -0.3 is 9.64 Å². The van der Waals surface area contributed by atoms with Gasteiger partial charge in [0, 0.05) is 18.7 Å². The fraction of sp³-hybridized carbons (Fsp3) is 0.429. The molecule has 0 fully saturated rings. The second-order valence-electron chi connectivity index (χ2n) is 4.24. The summed E-state index contributed by atoms with van der Waals surface area (Å²) in [5.41, 5.74) is 1.02. The number of rotatable bonds is 4. The van der Waals surface area contributed by atoms with E-state index in [2.05, 4.69) is 4.74 Å². The van der Waals surface area contributed by atoms with Crippen LogP contribution in [0, 0.1) is 0 Å². The van der Waals surface area contributed by atoms with Crippen LogP contribution in [0.15, 0.2) is 24.3 Å². The number of amides is 1. The van der Waals surface area contributed by atoms with Gasteiger partial charge in [0.2, 0.25) is 0 Å². The zero-order valence-electron chi connectivity index (χ0n) is 11.3. The second kappa shape index (κ2) is 6.19. The Hall–Kier alpha value is -1.84. The molecule has 18 heavy (non-hydrogen) atoms. The minimum absolute atomic E-state index is 0.0410. The number of benzene rings is 1. The molecule has 0 aliphatic carbocycles. The first-order valence-electron chi connectivity index (χ1n) is 5.96. The van der Waals surface area contributed by atoms with Crippen molar-refractivity contribution in [3.05, 3.63) is 35.4 Å². The van der Waals surface area contributed by atoms with Gasteiger partial charge in [-0.3, -0.25) is 4.79 Å². The topological polar surface area (TPSA) is 46.6 Å². The molecule has 0 saturated heterocycles. The Labute approximate surface area is 108 Å². The zero-order valence-corrected chi connectivity index (χ0v) is 11.3. The number of carbonyl (C=O) groups is 2. The molecule has 1 unspecified atom stereocenters. The third-order valence-electron chi connectivity index (χ3n) is 3.13. The highest BCUT2D eigenvalue weighted by molar-refractivity contribution is 5.96. The van der Waals surface area contributed by atoms with Crippen LogP contribution in [0.3, 0.4) is 0 Å². The van der Waals surface area contributed by atoms with Gasteiger partial charge in [0.15, 0.2) is 0 Å². The van der Waals surface area contributed by atoms with E-state index in [1.54, 1.807) is 36.2 Å². The molecule has 1 aromatic carbocycles. The van der Waals surface area contributed by atoms with Gasteiger partial charge in [0.1, 0.15) is 0 Å². The van der Waals surface area contributed by atoms with Gasteiger partial charge in [-0.15, -0.1) is 0 Å². The maximum absolute atomic E-state index is 12.1. The average molecular weight is 249 g/mol. The van der Waals surface area contributed by atoms with Crippen LogP contribution >= 0.6 is 0 Å². The molecule has 0 N–H and O–H groups in total. The minimum atomic E-state index is -0.399. The van der Waals surface area contributed by atoms with Crippen molar-refractivity contribution in [1.29, 1.82) is 0 Å². The third kappa shape index (κ3) is 3.09. The van der Waals surface area contributed by atoms with Crippen molar-refractivity contribution in [1.82, 2.24) is 4.90 Å². The lowest BCUT2D eigenvalue weighted by Gasteiger charge is -2.23. The molecule has 0 aromatic heterocycles. The molecule has 0 radical (unpaired) electrons. The molecule has 0 aliphatic heterocycles. The number of nitrogens with zero attached hydrogens (tertiary/aromatic N) is 1. The van der Waals surface area contributed by atoms with Crippen LogP contribution in [-0.2, 0) is 4.74 Å². The van der Waals surface area contributed by atoms with E-state index in [-0.39, 0.29) is 11.9 Å². The summed E-state index contributed by atoms with van der Waals surface area (Å²) in [5, 5.41) is 0. The molecule has 4 heteroatoms. The molecule has 4 nitrogen and oxygen atoms in total. The van der Waals surface area contributed by atoms with Crippen LogP contribution in [0.25, 0.3) is 0 Å². The highest BCUT2D eigenvalue weighted by Crippen LogP contribution is 2.10. The highest BCUT2D eigenvalue weighted by atomic mass is 16.5. The summed E-state index contributed by atoms with van der Waals surface area (Å²) < 4.78 is 4.61. The Kier molecular flexibility index (Phi) is 4.89. The molecule has 0 aliphatic rings. The average Bonchev–Trinajstić information content (AvgIpc) is 2.44. The molecule has 0 heterocycles. The van der Waals surface area contributed by atoms with Gasteiger partial charge in [-0.2, -0.15) is 0 Å². The molecular formula is C14H19NO3. The summed E-state index contributed by atoms with van der Waals surface area (Å²) in [4.78, 5) is 25.1. The lowest BCUT2D eigenvalue weighted by molar-refractivity contribution is 0.0599. The largest absolute Gasteiger partial charge is 0.465 e. The minimum Gasteiger partial charge on any atom is -0.465 e. The maximum atomic E-state index is 12.1. The Morgan fingerprint density at radius 3 is 2.17 bits per heavy atom. The second-order valence-corrected chi connectivity index (χ2v) is 4.24. The van der Waals surface area contributed by atoms with E-state index in [9.17, 15) is 9.59 Å². The Balaban J connectivity index is 2.85. The van der Waals surface area contributed by atoms with Crippen LogP contribution in [0.5, 0.6) is 0 Å². The van der Waals surface area contributed by atoms with Crippen LogP contribution < -0.4 is 0 Å². The standard InChI is InChI=1S/C14H19NO3/c1-5-10(2)15(3)13(16)11-6-8-12(9-7-11)14(17)18-4/h6-10H,5H2,1-4H3. The van der Waals surface area contributed by atoms with E-state index in [1.807, 2.05) is 13.8 Å². The smallest absolute Gasteiger partial charge is 0.337 e. The van der Waals surface area contributed by atoms with Gasteiger partial charge in [-0.25, -0.2) is 4.79 Å². The lowest BCUT2D eigenvalue weighted by Crippen LogP contribution is -2.34. The van der Waals surface area contributed by atoms with Crippen molar-refractivity contribution in [2.45, 2.75) is 26.3 Å². The molecule has 1 amide bonds. The van der Waals surface area contributed by atoms with Gasteiger partial charge in [-0.05, 0) is 37.6 Å². The zero-order chi connectivity index (χ0) is 13.7. The van der Waals surface area contributed by atoms with Crippen LogP contribution in [-0.4, -0.2) is 37.0 Å². The summed E-state index contributed by atoms with van der Waals surface area (Å²) in [6, 6.07) is 6.69. The van der Waals surface area contributed by atoms with Crippen LogP contribution in [0.1, 0.15) is 41.0 Å². The van der Waals surface area contributed by atoms with Crippen molar-refractivity contribution in [3.8, 4) is 0 Å². The number of ether oxygens (including phenoxy) is 1. The number of hydrogen-bond acceptors (Lipinski definition) is 3. The first kappa shape index (κ1) is 14.2. The molecule has 0 spiro atoms. The summed E-state index contributed by atoms with van der Waals surface area (Å²) >= 11 is 0. The van der Waals surface area contributed by atoms with E-state index < -0.39 is 5.97 Å². The van der Waals surface area contributed by atoms with Crippen LogP contribution in [0.2, 0.25) is 0 Å². The van der Waals surface area contributed by atoms with Crippen molar-refractivity contribution >= 4 is 11.9 Å². The first-order valence-corrected chi connectivity index (χ1v) is 5.96. The predicted molar refractivity (Wildman–Crippen MR) is 69.6 cm³/mol. The molecule has 0 bridgehead atoms. The Bertz CT molecular complexity index is 425. The molecule has 1 aromatic rings. The third-order valence-corrected chi connectivity index (χ3v) is 3.13. The Morgan fingerprint density at radius 2 is 1.72 bits per heavy atom. The van der Waals surface area contributed by atoms with E-state index in [0.717, 1.165) is 6.42 Å². The quantitative estimate of drug-likeness (QED) is 0.769. The fourth-order valence-corrected chi connectivity index (χ4v) is 1.54. The predicted octanol–water partition coefficient (Wildman–Crippen LogP) is 2.34. The van der Waals surface area contributed by atoms with Crippen molar-refractivity contribution in [2.75, 3.05) is 14.2 Å². The van der Waals surface area contributed by atoms with Crippen molar-refractivity contribution in [3.63, 3.8) is 0 Å². The van der Waals surface area contributed by atoms with Gasteiger partial charge >= 0.3 is 5.97 Å². The summed E-state index contributed by atoms with van der Waals surface area (Å²) in [7, 11) is 3.11. The van der Waals surface area contributed by atoms with E-state index in [0.29, 0.717) is 11.1 Å². The number of hydrogen-bond donors (Lipinski definition) is 0. The SMILES string of the molecule is CCC(C)N(C)C(=O)c1ccc(C(=O)OC)cc1. The number of methoxy groups -OCH3 is 1. The number of carbonyl (C=O) groups excluding carboxylic acids is 2. The Morgan fingerprint density at radius 1 is 1.22 bits per heavy atom. The van der Waals surface area contributed by atoms with Crippen LogP contribution in [0.4, 0.5) is 0 Å². The van der Waals surface area contributed by atoms with Gasteiger partial charge in [-0.1, -0.05) is 6.92 Å². The van der Waals surface area contributed by atoms with E-state index in [1.165, 1.54) is 7.11 Å². The summed E-state index contributed by atoms with van der Waals surface area (Å²) in [6.45, 7) is 4.04. The van der Waals surface area contributed by atoms with Gasteiger partial charge in [0.25, 0.3) is 5.91 Å². The van der Waals surface area contributed by atoms with E-state index in [4.69, 9.17) is 0 Å². The molecule has 98 valence electrons. The molecule has 1 rings (SSSR count). The normalized spacial score (nSPS) is 11.8. The fourth-order valence-electron chi connectivity index (χ4n) is 1.54. The van der Waals surface area contributed by atoms with Crippen molar-refractivity contribution in [2.24, 2.45) is 0 Å². The molecular weight excluding hydrogens is 230 g/mol. The maximum Gasteiger partial charge on any atom is 0.337 e. The first-order chi connectivity index (χ1) is 8.51. The molecule has 0 saturated carbocycles. The molecule has 1 atom stereocenters. The highest BCUT2D eigenvalue weighted by Gasteiger charge is 2.16. The number of esters is 1. The van der Waals surface area contributed by atoms with E-state index >= 15 is 0 Å².